The maximum atomic E-state index is 3.65. The molecule has 1 aromatic rings. The first-order chi connectivity index (χ1) is 8.69. The van der Waals surface area contributed by atoms with Crippen LogP contribution >= 0.6 is 38.5 Å². The Labute approximate surface area is 132 Å². The van der Waals surface area contributed by atoms with Crippen LogP contribution in [-0.2, 0) is 0 Å². The van der Waals surface area contributed by atoms with Gasteiger partial charge < -0.3 is 5.32 Å². The summed E-state index contributed by atoms with van der Waals surface area (Å²) in [6.07, 6.45) is 3.15. The Kier molecular flexibility index (Phi) is 7.96. The molecule has 1 aromatic carbocycles. The van der Waals surface area contributed by atoms with E-state index in [1.807, 2.05) is 6.92 Å². The molecule has 0 fully saturated rings. The second-order valence-electron chi connectivity index (χ2n) is 4.14. The van der Waals surface area contributed by atoms with Crippen LogP contribution in [0.2, 0.25) is 0 Å². The predicted molar refractivity (Wildman–Crippen MR) is 90.6 cm³/mol. The molecule has 0 saturated carbocycles. The summed E-state index contributed by atoms with van der Waals surface area (Å²) in [5, 5.41) is 3.61. The zero-order valence-electron chi connectivity index (χ0n) is 10.9. The van der Waals surface area contributed by atoms with E-state index in [-0.39, 0.29) is 0 Å². The number of halogens is 2. The molecule has 1 N–H and O–H groups in total. The van der Waals surface area contributed by atoms with Gasteiger partial charge in [-0.3, -0.25) is 0 Å². The monoisotopic (exact) mass is 419 g/mol. The highest BCUT2D eigenvalue weighted by Crippen LogP contribution is 2.28. The summed E-state index contributed by atoms with van der Waals surface area (Å²) in [6.45, 7) is 5.14. The zero-order valence-corrected chi connectivity index (χ0v) is 14.6. The first-order valence-electron chi connectivity index (χ1n) is 6.27. The highest BCUT2D eigenvalue weighted by atomic mass is 127. The van der Waals surface area contributed by atoms with Crippen LogP contribution < -0.4 is 5.32 Å². The summed E-state index contributed by atoms with van der Waals surface area (Å²) < 4.78 is 2.46. The molecule has 1 unspecified atom stereocenters. The third-order valence-corrected chi connectivity index (χ3v) is 4.10. The van der Waals surface area contributed by atoms with Gasteiger partial charge in [-0.1, -0.05) is 22.9 Å². The third kappa shape index (κ3) is 5.29. The van der Waals surface area contributed by atoms with Crippen LogP contribution in [0.4, 0.5) is 0 Å². The van der Waals surface area contributed by atoms with E-state index in [1.54, 1.807) is 0 Å². The standard InChI is InChI=1S/C15H19BrIN/c1-3-5-6-7-15(18-10-4-2)13-11-12(17)8-9-14(13)16/h8-9,11,15,18H,4,6-7,10H2,1-2H3. The van der Waals surface area contributed by atoms with Gasteiger partial charge in [0.15, 0.2) is 0 Å². The maximum Gasteiger partial charge on any atom is 0.0340 e. The van der Waals surface area contributed by atoms with E-state index in [0.29, 0.717) is 6.04 Å². The van der Waals surface area contributed by atoms with Gasteiger partial charge in [-0.15, -0.1) is 11.8 Å². The minimum atomic E-state index is 0.384. The molecule has 0 bridgehead atoms. The van der Waals surface area contributed by atoms with Crippen LogP contribution in [0.5, 0.6) is 0 Å². The summed E-state index contributed by atoms with van der Waals surface area (Å²) in [5.74, 6) is 6.12. The first kappa shape index (κ1) is 16.0. The second kappa shape index (κ2) is 8.95. The van der Waals surface area contributed by atoms with Gasteiger partial charge in [0, 0.05) is 20.5 Å². The highest BCUT2D eigenvalue weighted by Gasteiger charge is 2.13. The second-order valence-corrected chi connectivity index (χ2v) is 6.24. The van der Waals surface area contributed by atoms with Crippen molar-refractivity contribution in [2.45, 2.75) is 39.2 Å². The topological polar surface area (TPSA) is 12.0 Å². The van der Waals surface area contributed by atoms with Gasteiger partial charge >= 0.3 is 0 Å². The van der Waals surface area contributed by atoms with Gasteiger partial charge in [0.2, 0.25) is 0 Å². The molecular weight excluding hydrogens is 401 g/mol. The molecule has 0 aliphatic rings. The summed E-state index contributed by atoms with van der Waals surface area (Å²) in [5.41, 5.74) is 1.34. The lowest BCUT2D eigenvalue weighted by Gasteiger charge is -2.19. The Morgan fingerprint density at radius 3 is 2.89 bits per heavy atom. The molecule has 0 heterocycles. The minimum absolute atomic E-state index is 0.384. The van der Waals surface area contributed by atoms with Gasteiger partial charge in [0.1, 0.15) is 0 Å². The van der Waals surface area contributed by atoms with Gasteiger partial charge in [-0.05, 0) is 72.7 Å². The van der Waals surface area contributed by atoms with Crippen molar-refractivity contribution >= 4 is 38.5 Å². The minimum Gasteiger partial charge on any atom is -0.310 e. The van der Waals surface area contributed by atoms with Gasteiger partial charge in [-0.2, -0.15) is 0 Å². The van der Waals surface area contributed by atoms with Gasteiger partial charge in [0.25, 0.3) is 0 Å². The summed E-state index contributed by atoms with van der Waals surface area (Å²) >= 11 is 6.01. The molecule has 0 saturated heterocycles. The fraction of sp³-hybridized carbons (Fsp3) is 0.467. The van der Waals surface area contributed by atoms with Crippen LogP contribution in [0.25, 0.3) is 0 Å². The molecule has 0 aliphatic heterocycles. The number of nitrogens with one attached hydrogen (secondary N) is 1. The van der Waals surface area contributed by atoms with Crippen LogP contribution in [0.3, 0.4) is 0 Å². The summed E-state index contributed by atoms with van der Waals surface area (Å²) in [4.78, 5) is 0. The van der Waals surface area contributed by atoms with Crippen molar-refractivity contribution in [2.75, 3.05) is 6.54 Å². The maximum absolute atomic E-state index is 3.65. The molecule has 3 heteroatoms. The van der Waals surface area contributed by atoms with E-state index in [1.165, 1.54) is 13.6 Å². The Balaban J connectivity index is 2.84. The van der Waals surface area contributed by atoms with Crippen molar-refractivity contribution in [1.29, 1.82) is 0 Å². The van der Waals surface area contributed by atoms with Crippen LogP contribution in [0, 0.1) is 15.4 Å². The number of rotatable bonds is 6. The van der Waals surface area contributed by atoms with E-state index in [0.717, 1.165) is 25.8 Å². The molecule has 0 amide bonds. The molecule has 0 spiro atoms. The van der Waals surface area contributed by atoms with E-state index in [9.17, 15) is 0 Å². The fourth-order valence-electron chi connectivity index (χ4n) is 1.81. The normalized spacial score (nSPS) is 11.8. The zero-order chi connectivity index (χ0) is 13.4. The van der Waals surface area contributed by atoms with Crippen LogP contribution in [0.15, 0.2) is 22.7 Å². The Hall–Kier alpha value is -0.0500. The SMILES string of the molecule is CC#CCCC(NCCC)c1cc(I)ccc1Br. The molecule has 0 radical (unpaired) electrons. The highest BCUT2D eigenvalue weighted by molar-refractivity contribution is 14.1. The number of hydrogen-bond donors (Lipinski definition) is 1. The smallest absolute Gasteiger partial charge is 0.0340 e. The molecule has 1 atom stereocenters. The van der Waals surface area contributed by atoms with E-state index < -0.39 is 0 Å². The number of hydrogen-bond acceptors (Lipinski definition) is 1. The lowest BCUT2D eigenvalue weighted by Crippen LogP contribution is -2.22. The largest absolute Gasteiger partial charge is 0.310 e. The third-order valence-electron chi connectivity index (χ3n) is 2.71. The van der Waals surface area contributed by atoms with Gasteiger partial charge in [-0.25, -0.2) is 0 Å². The quantitative estimate of drug-likeness (QED) is 0.510. The van der Waals surface area contributed by atoms with Crippen molar-refractivity contribution in [1.82, 2.24) is 5.32 Å². The van der Waals surface area contributed by atoms with Crippen molar-refractivity contribution in [3.8, 4) is 11.8 Å². The van der Waals surface area contributed by atoms with E-state index >= 15 is 0 Å². The van der Waals surface area contributed by atoms with E-state index in [4.69, 9.17) is 0 Å². The summed E-state index contributed by atoms with van der Waals surface area (Å²) in [7, 11) is 0. The fourth-order valence-corrected chi connectivity index (χ4v) is 2.85. The average molecular weight is 420 g/mol. The Bertz CT molecular complexity index is 434. The van der Waals surface area contributed by atoms with Crippen molar-refractivity contribution in [3.63, 3.8) is 0 Å². The Morgan fingerprint density at radius 2 is 2.22 bits per heavy atom. The van der Waals surface area contributed by atoms with Crippen LogP contribution in [-0.4, -0.2) is 6.54 Å². The molecule has 1 nitrogen and oxygen atoms in total. The Morgan fingerprint density at radius 1 is 1.44 bits per heavy atom. The number of benzene rings is 1. The van der Waals surface area contributed by atoms with Crippen molar-refractivity contribution in [3.05, 3.63) is 31.8 Å². The van der Waals surface area contributed by atoms with E-state index in [2.05, 4.69) is 80.8 Å². The molecule has 18 heavy (non-hydrogen) atoms. The molecule has 98 valence electrons. The van der Waals surface area contributed by atoms with Gasteiger partial charge in [0.05, 0.1) is 0 Å². The lowest BCUT2D eigenvalue weighted by atomic mass is 10.0. The summed E-state index contributed by atoms with van der Waals surface area (Å²) in [6, 6.07) is 6.88. The van der Waals surface area contributed by atoms with Crippen LogP contribution in [0.1, 0.15) is 44.7 Å². The first-order valence-corrected chi connectivity index (χ1v) is 8.14. The predicted octanol–water partition coefficient (Wildman–Crippen LogP) is 4.90. The van der Waals surface area contributed by atoms with Crippen molar-refractivity contribution in [2.24, 2.45) is 0 Å². The molecule has 1 rings (SSSR count). The molecule has 0 aromatic heterocycles. The lowest BCUT2D eigenvalue weighted by molar-refractivity contribution is 0.504. The van der Waals surface area contributed by atoms with Crippen molar-refractivity contribution < 1.29 is 0 Å². The molecular formula is C15H19BrIN. The molecule has 0 aliphatic carbocycles. The average Bonchev–Trinajstić information content (AvgIpc) is 2.37.